The number of nitrogens with one attached hydrogen (secondary N) is 1. The van der Waals surface area contributed by atoms with Gasteiger partial charge in [0.1, 0.15) is 11.6 Å². The summed E-state index contributed by atoms with van der Waals surface area (Å²) in [7, 11) is 1.49. The van der Waals surface area contributed by atoms with Crippen LogP contribution in [0.3, 0.4) is 0 Å². The third-order valence-electron chi connectivity index (χ3n) is 2.35. The van der Waals surface area contributed by atoms with Gasteiger partial charge in [-0.3, -0.25) is 4.79 Å². The maximum atomic E-state index is 12.9. The van der Waals surface area contributed by atoms with Crippen molar-refractivity contribution in [2.75, 3.05) is 26.9 Å². The van der Waals surface area contributed by atoms with Crippen molar-refractivity contribution in [3.8, 4) is 5.75 Å². The Hall–Kier alpha value is -1.66. The Balaban J connectivity index is 2.27. The summed E-state index contributed by atoms with van der Waals surface area (Å²) < 4.78 is 22.9. The van der Waals surface area contributed by atoms with Gasteiger partial charge in [-0.05, 0) is 12.1 Å². The number of hydrogen-bond acceptors (Lipinski definition) is 4. The standard InChI is InChI=1S/C13H18FNO4/c1-18-9-11(8-16)15-13(17)5-6-19-12-4-2-3-10(14)7-12/h2-4,7,11,16H,5-6,8-9H2,1H3,(H,15,17). The highest BCUT2D eigenvalue weighted by molar-refractivity contribution is 5.76. The molecule has 106 valence electrons. The van der Waals surface area contributed by atoms with Crippen molar-refractivity contribution in [1.29, 1.82) is 0 Å². The van der Waals surface area contributed by atoms with E-state index in [4.69, 9.17) is 14.6 Å². The number of aliphatic hydroxyl groups is 1. The number of carbonyl (C=O) groups excluding carboxylic acids is 1. The first kappa shape index (κ1) is 15.4. The lowest BCUT2D eigenvalue weighted by atomic mass is 10.3. The summed E-state index contributed by atoms with van der Waals surface area (Å²) in [4.78, 5) is 11.5. The number of carbonyl (C=O) groups is 1. The molecule has 1 atom stereocenters. The Labute approximate surface area is 111 Å². The van der Waals surface area contributed by atoms with Gasteiger partial charge < -0.3 is 19.9 Å². The number of methoxy groups -OCH3 is 1. The number of benzene rings is 1. The quantitative estimate of drug-likeness (QED) is 0.731. The van der Waals surface area contributed by atoms with Crippen LogP contribution in [0.25, 0.3) is 0 Å². The van der Waals surface area contributed by atoms with Crippen LogP contribution in [0.2, 0.25) is 0 Å². The molecule has 6 heteroatoms. The van der Waals surface area contributed by atoms with Gasteiger partial charge in [-0.25, -0.2) is 4.39 Å². The van der Waals surface area contributed by atoms with Gasteiger partial charge in [0, 0.05) is 13.2 Å². The minimum atomic E-state index is -0.424. The average molecular weight is 271 g/mol. The van der Waals surface area contributed by atoms with E-state index in [0.717, 1.165) is 0 Å². The summed E-state index contributed by atoms with van der Waals surface area (Å²) in [6, 6.07) is 5.29. The summed E-state index contributed by atoms with van der Waals surface area (Å²) in [5.41, 5.74) is 0. The zero-order valence-corrected chi connectivity index (χ0v) is 10.8. The molecule has 0 spiro atoms. The highest BCUT2D eigenvalue weighted by atomic mass is 19.1. The fourth-order valence-electron chi connectivity index (χ4n) is 1.46. The summed E-state index contributed by atoms with van der Waals surface area (Å²) in [5, 5.41) is 11.6. The van der Waals surface area contributed by atoms with Crippen LogP contribution in [-0.2, 0) is 9.53 Å². The van der Waals surface area contributed by atoms with Gasteiger partial charge in [0.2, 0.25) is 5.91 Å². The molecular weight excluding hydrogens is 253 g/mol. The molecule has 5 nitrogen and oxygen atoms in total. The van der Waals surface area contributed by atoms with Crippen LogP contribution >= 0.6 is 0 Å². The van der Waals surface area contributed by atoms with Gasteiger partial charge in [-0.2, -0.15) is 0 Å². The number of amides is 1. The molecule has 1 aromatic rings. The van der Waals surface area contributed by atoms with E-state index in [2.05, 4.69) is 5.32 Å². The molecule has 0 aliphatic carbocycles. The lowest BCUT2D eigenvalue weighted by molar-refractivity contribution is -0.123. The van der Waals surface area contributed by atoms with Gasteiger partial charge in [-0.15, -0.1) is 0 Å². The number of aliphatic hydroxyl groups excluding tert-OH is 1. The number of halogens is 1. The SMILES string of the molecule is COCC(CO)NC(=O)CCOc1cccc(F)c1. The minimum Gasteiger partial charge on any atom is -0.493 e. The van der Waals surface area contributed by atoms with Crippen molar-refractivity contribution in [3.63, 3.8) is 0 Å². The summed E-state index contributed by atoms with van der Waals surface area (Å²) in [5.74, 6) is -0.265. The topological polar surface area (TPSA) is 67.8 Å². The second kappa shape index (κ2) is 8.44. The lowest BCUT2D eigenvalue weighted by Gasteiger charge is -2.15. The first-order chi connectivity index (χ1) is 9.15. The van der Waals surface area contributed by atoms with Crippen molar-refractivity contribution in [3.05, 3.63) is 30.1 Å². The highest BCUT2D eigenvalue weighted by Crippen LogP contribution is 2.11. The predicted octanol–water partition coefficient (Wildman–Crippen LogP) is 0.718. The first-order valence-electron chi connectivity index (χ1n) is 5.93. The second-order valence-electron chi connectivity index (χ2n) is 3.96. The largest absolute Gasteiger partial charge is 0.493 e. The van der Waals surface area contributed by atoms with Crippen LogP contribution in [0.15, 0.2) is 24.3 Å². The van der Waals surface area contributed by atoms with E-state index in [1.807, 2.05) is 0 Å². The Kier molecular flexibility index (Phi) is 6.84. The molecule has 0 radical (unpaired) electrons. The van der Waals surface area contributed by atoms with Crippen molar-refractivity contribution >= 4 is 5.91 Å². The molecule has 0 aromatic heterocycles. The van der Waals surface area contributed by atoms with Crippen LogP contribution in [0.5, 0.6) is 5.75 Å². The van der Waals surface area contributed by atoms with Crippen LogP contribution < -0.4 is 10.1 Å². The molecule has 0 bridgehead atoms. The van der Waals surface area contributed by atoms with E-state index in [-0.39, 0.29) is 38.0 Å². The molecule has 1 unspecified atom stereocenters. The zero-order chi connectivity index (χ0) is 14.1. The van der Waals surface area contributed by atoms with Crippen LogP contribution in [0.1, 0.15) is 6.42 Å². The van der Waals surface area contributed by atoms with E-state index in [0.29, 0.717) is 5.75 Å². The smallest absolute Gasteiger partial charge is 0.223 e. The molecular formula is C13H18FNO4. The lowest BCUT2D eigenvalue weighted by Crippen LogP contribution is -2.41. The van der Waals surface area contributed by atoms with Gasteiger partial charge in [-0.1, -0.05) is 6.07 Å². The van der Waals surface area contributed by atoms with Gasteiger partial charge >= 0.3 is 0 Å². The number of hydrogen-bond donors (Lipinski definition) is 2. The maximum Gasteiger partial charge on any atom is 0.223 e. The minimum absolute atomic E-state index is 0.122. The average Bonchev–Trinajstić information content (AvgIpc) is 2.38. The summed E-state index contributed by atoms with van der Waals surface area (Å²) in [6.45, 7) is 0.192. The van der Waals surface area contributed by atoms with Gasteiger partial charge in [0.05, 0.1) is 32.3 Å². The third-order valence-corrected chi connectivity index (χ3v) is 2.35. The molecule has 2 N–H and O–H groups in total. The molecule has 19 heavy (non-hydrogen) atoms. The second-order valence-corrected chi connectivity index (χ2v) is 3.96. The first-order valence-corrected chi connectivity index (χ1v) is 5.93. The Bertz CT molecular complexity index is 400. The molecule has 0 aliphatic heterocycles. The predicted molar refractivity (Wildman–Crippen MR) is 67.4 cm³/mol. The maximum absolute atomic E-state index is 12.9. The van der Waals surface area contributed by atoms with Crippen LogP contribution in [0, 0.1) is 5.82 Å². The van der Waals surface area contributed by atoms with Crippen molar-refractivity contribution in [2.24, 2.45) is 0 Å². The fourth-order valence-corrected chi connectivity index (χ4v) is 1.46. The zero-order valence-electron chi connectivity index (χ0n) is 10.8. The van der Waals surface area contributed by atoms with Crippen LogP contribution in [0.4, 0.5) is 4.39 Å². The monoisotopic (exact) mass is 271 g/mol. The molecule has 0 fully saturated rings. The molecule has 1 aromatic carbocycles. The Morgan fingerprint density at radius 2 is 2.32 bits per heavy atom. The Morgan fingerprint density at radius 1 is 1.53 bits per heavy atom. The molecule has 0 aliphatic rings. The molecule has 0 saturated carbocycles. The van der Waals surface area contributed by atoms with E-state index >= 15 is 0 Å². The number of rotatable bonds is 8. The summed E-state index contributed by atoms with van der Waals surface area (Å²) in [6.07, 6.45) is 0.122. The van der Waals surface area contributed by atoms with E-state index < -0.39 is 6.04 Å². The summed E-state index contributed by atoms with van der Waals surface area (Å²) >= 11 is 0. The van der Waals surface area contributed by atoms with E-state index in [9.17, 15) is 9.18 Å². The van der Waals surface area contributed by atoms with Crippen molar-refractivity contribution < 1.29 is 23.8 Å². The van der Waals surface area contributed by atoms with E-state index in [1.165, 1.54) is 25.3 Å². The van der Waals surface area contributed by atoms with Crippen molar-refractivity contribution in [1.82, 2.24) is 5.32 Å². The molecule has 1 rings (SSSR count). The van der Waals surface area contributed by atoms with Gasteiger partial charge in [0.15, 0.2) is 0 Å². The Morgan fingerprint density at radius 3 is 2.95 bits per heavy atom. The molecule has 0 saturated heterocycles. The highest BCUT2D eigenvalue weighted by Gasteiger charge is 2.10. The van der Waals surface area contributed by atoms with Crippen molar-refractivity contribution in [2.45, 2.75) is 12.5 Å². The van der Waals surface area contributed by atoms with Crippen LogP contribution in [-0.4, -0.2) is 44.0 Å². The number of ether oxygens (including phenoxy) is 2. The molecule has 0 heterocycles. The van der Waals surface area contributed by atoms with E-state index in [1.54, 1.807) is 6.07 Å². The molecule has 1 amide bonds. The fraction of sp³-hybridized carbons (Fsp3) is 0.462. The normalized spacial score (nSPS) is 11.9. The van der Waals surface area contributed by atoms with Gasteiger partial charge in [0.25, 0.3) is 0 Å². The third kappa shape index (κ3) is 6.17.